The molecule has 4 aromatic rings. The summed E-state index contributed by atoms with van der Waals surface area (Å²) < 4.78 is 41.3. The van der Waals surface area contributed by atoms with Gasteiger partial charge >= 0.3 is 17.9 Å². The lowest BCUT2D eigenvalue weighted by molar-refractivity contribution is -0.137. The smallest absolute Gasteiger partial charge is 0.384 e. The largest absolute Gasteiger partial charge is 0.416 e. The number of fused-ring (bicyclic) bond motifs is 1. The van der Waals surface area contributed by atoms with E-state index in [1.807, 2.05) is 0 Å². The highest BCUT2D eigenvalue weighted by atomic mass is 19.4. The number of urea groups is 1. The summed E-state index contributed by atoms with van der Waals surface area (Å²) in [5.41, 5.74) is 4.90. The van der Waals surface area contributed by atoms with Crippen molar-refractivity contribution in [1.82, 2.24) is 14.5 Å². The molecule has 0 atom stereocenters. The number of hydrazone groups is 1. The maximum absolute atomic E-state index is 13.3. The molecule has 194 valence electrons. The van der Waals surface area contributed by atoms with Gasteiger partial charge in [-0.2, -0.15) is 23.3 Å². The Bertz CT molecular complexity index is 1690. The summed E-state index contributed by atoms with van der Waals surface area (Å²) in [5.74, 6) is -0.108. The molecule has 0 radical (unpaired) electrons. The van der Waals surface area contributed by atoms with E-state index in [2.05, 4.69) is 25.7 Å². The molecule has 0 unspecified atom stereocenters. The van der Waals surface area contributed by atoms with E-state index in [-0.39, 0.29) is 22.5 Å². The number of halogens is 3. The minimum Gasteiger partial charge on any atom is -0.384 e. The van der Waals surface area contributed by atoms with Crippen LogP contribution in [-0.4, -0.2) is 33.3 Å². The first kappa shape index (κ1) is 24.5. The van der Waals surface area contributed by atoms with Crippen LogP contribution in [-0.2, 0) is 6.18 Å². The van der Waals surface area contributed by atoms with E-state index in [0.29, 0.717) is 30.0 Å². The van der Waals surface area contributed by atoms with Crippen molar-refractivity contribution in [2.75, 3.05) is 27.9 Å². The fourth-order valence-corrected chi connectivity index (χ4v) is 4.00. The Hall–Kier alpha value is -5.14. The van der Waals surface area contributed by atoms with Crippen molar-refractivity contribution in [2.24, 2.45) is 5.10 Å². The number of amides is 2. The van der Waals surface area contributed by atoms with Crippen LogP contribution >= 0.6 is 0 Å². The summed E-state index contributed by atoms with van der Waals surface area (Å²) >= 11 is 0. The van der Waals surface area contributed by atoms with Gasteiger partial charge in [-0.15, -0.1) is 0 Å². The van der Waals surface area contributed by atoms with Crippen LogP contribution in [0.1, 0.15) is 12.0 Å². The number of anilines is 4. The van der Waals surface area contributed by atoms with Crippen LogP contribution in [0.3, 0.4) is 0 Å². The predicted octanol–water partition coefficient (Wildman–Crippen LogP) is 3.51. The third kappa shape index (κ3) is 4.78. The summed E-state index contributed by atoms with van der Waals surface area (Å²) in [5, 5.41) is 10.7. The average molecular weight is 524 g/mol. The molecule has 0 saturated carbocycles. The number of carbonyl (C=O) groups excluding carboxylic acids is 1. The SMILES string of the molecule is Nc1[nH]c(=O)nc2c1c(=O)ccn2-c1ccc(NC(=O)Nc2cc(C(F)(F)F)ccc2N2CCC=N2)cc1. The number of hydrogen-bond donors (Lipinski definition) is 4. The normalized spacial score (nSPS) is 13.2. The number of carbonyl (C=O) groups is 1. The second-order valence-electron chi connectivity index (χ2n) is 8.27. The summed E-state index contributed by atoms with van der Waals surface area (Å²) in [7, 11) is 0. The molecule has 14 heteroatoms. The van der Waals surface area contributed by atoms with Crippen LogP contribution in [0.5, 0.6) is 0 Å². The zero-order valence-electron chi connectivity index (χ0n) is 19.4. The number of hydrogen-bond acceptors (Lipinski definition) is 7. The van der Waals surface area contributed by atoms with E-state index in [9.17, 15) is 27.6 Å². The summed E-state index contributed by atoms with van der Waals surface area (Å²) in [4.78, 5) is 42.9. The molecule has 11 nitrogen and oxygen atoms in total. The highest BCUT2D eigenvalue weighted by Crippen LogP contribution is 2.36. The van der Waals surface area contributed by atoms with E-state index in [0.717, 1.165) is 12.1 Å². The third-order valence-corrected chi connectivity index (χ3v) is 5.74. The molecule has 2 aromatic carbocycles. The Labute approximate surface area is 211 Å². The summed E-state index contributed by atoms with van der Waals surface area (Å²) in [6.07, 6.45) is -0.900. The minimum atomic E-state index is -4.59. The van der Waals surface area contributed by atoms with Gasteiger partial charge in [0.1, 0.15) is 11.2 Å². The molecule has 2 amide bonds. The topological polar surface area (TPSA) is 150 Å². The molecule has 2 aromatic heterocycles. The van der Waals surface area contributed by atoms with Gasteiger partial charge in [-0.25, -0.2) is 9.59 Å². The minimum absolute atomic E-state index is 0.0490. The molecule has 1 aliphatic rings. The van der Waals surface area contributed by atoms with E-state index in [4.69, 9.17) is 5.73 Å². The first-order valence-corrected chi connectivity index (χ1v) is 11.2. The van der Waals surface area contributed by atoms with Gasteiger partial charge in [-0.1, -0.05) is 0 Å². The quantitative estimate of drug-likeness (QED) is 0.321. The Balaban J connectivity index is 1.39. The summed E-state index contributed by atoms with van der Waals surface area (Å²) in [6, 6.07) is 9.80. The van der Waals surface area contributed by atoms with Gasteiger partial charge in [0.2, 0.25) is 0 Å². The van der Waals surface area contributed by atoms with Crippen molar-refractivity contribution in [1.29, 1.82) is 0 Å². The maximum Gasteiger partial charge on any atom is 0.416 e. The molecule has 5 rings (SSSR count). The first-order chi connectivity index (χ1) is 18.1. The molecule has 38 heavy (non-hydrogen) atoms. The lowest BCUT2D eigenvalue weighted by atomic mass is 10.1. The van der Waals surface area contributed by atoms with Crippen molar-refractivity contribution >= 4 is 46.2 Å². The highest BCUT2D eigenvalue weighted by molar-refractivity contribution is 6.02. The number of aromatic nitrogens is 3. The number of nitrogen functional groups attached to an aromatic ring is 1. The summed E-state index contributed by atoms with van der Waals surface area (Å²) in [6.45, 7) is 0.467. The predicted molar refractivity (Wildman–Crippen MR) is 137 cm³/mol. The van der Waals surface area contributed by atoms with Gasteiger partial charge in [-0.05, 0) is 42.5 Å². The number of nitrogens with two attached hydrogens (primary N) is 1. The second-order valence-corrected chi connectivity index (χ2v) is 8.27. The van der Waals surface area contributed by atoms with Gasteiger partial charge < -0.3 is 20.9 Å². The van der Waals surface area contributed by atoms with Gasteiger partial charge in [-0.3, -0.25) is 14.8 Å². The number of nitrogens with one attached hydrogen (secondary N) is 3. The van der Waals surface area contributed by atoms with Gasteiger partial charge in [0.25, 0.3) is 0 Å². The average Bonchev–Trinajstić information content (AvgIpc) is 3.39. The van der Waals surface area contributed by atoms with E-state index < -0.39 is 28.9 Å². The number of pyridine rings is 1. The van der Waals surface area contributed by atoms with E-state index in [1.165, 1.54) is 40.0 Å². The Morgan fingerprint density at radius 3 is 2.50 bits per heavy atom. The maximum atomic E-state index is 13.3. The van der Waals surface area contributed by atoms with Crippen LogP contribution in [0.15, 0.2) is 69.4 Å². The molecule has 0 bridgehead atoms. The molecule has 1 aliphatic heterocycles. The molecule has 5 N–H and O–H groups in total. The van der Waals surface area contributed by atoms with Crippen LogP contribution in [0.4, 0.5) is 40.8 Å². The van der Waals surface area contributed by atoms with Gasteiger partial charge in [0.15, 0.2) is 11.1 Å². The van der Waals surface area contributed by atoms with Crippen LogP contribution in [0, 0.1) is 0 Å². The third-order valence-electron chi connectivity index (χ3n) is 5.74. The van der Waals surface area contributed by atoms with Crippen molar-refractivity contribution in [2.45, 2.75) is 12.6 Å². The first-order valence-electron chi connectivity index (χ1n) is 11.2. The number of aromatic amines is 1. The zero-order valence-corrected chi connectivity index (χ0v) is 19.4. The number of H-pyrrole nitrogens is 1. The number of alkyl halides is 3. The molecular weight excluding hydrogens is 505 g/mol. The Kier molecular flexibility index (Phi) is 6.06. The van der Waals surface area contributed by atoms with Crippen LogP contribution in [0.2, 0.25) is 0 Å². The van der Waals surface area contributed by atoms with E-state index in [1.54, 1.807) is 18.3 Å². The van der Waals surface area contributed by atoms with Crippen LogP contribution in [0.25, 0.3) is 16.7 Å². The molecule has 0 aliphatic carbocycles. The van der Waals surface area contributed by atoms with Gasteiger partial charge in [0.05, 0.1) is 16.9 Å². The standard InChI is InChI=1S/C24H19F3N8O3/c25-24(26,27)13-2-7-17(35-10-1-9-29-35)16(12-13)31-22(37)30-14-3-5-15(6-4-14)34-11-8-18(36)19-20(28)32-23(38)33-21(19)34/h2-9,11-12H,1,10H2,(H2,30,31,37)(H3,28,32,33,38). The lowest BCUT2D eigenvalue weighted by Crippen LogP contribution is -2.22. The molecule has 3 heterocycles. The number of nitrogens with zero attached hydrogens (tertiary/aromatic N) is 4. The van der Waals surface area contributed by atoms with Crippen molar-refractivity contribution in [3.05, 3.63) is 81.0 Å². The Morgan fingerprint density at radius 1 is 1.05 bits per heavy atom. The fraction of sp³-hybridized carbons (Fsp3) is 0.125. The van der Waals surface area contributed by atoms with Crippen molar-refractivity contribution in [3.8, 4) is 5.69 Å². The highest BCUT2D eigenvalue weighted by Gasteiger charge is 2.32. The second kappa shape index (κ2) is 9.38. The van der Waals surface area contributed by atoms with Gasteiger partial charge in [0, 0.05) is 42.8 Å². The van der Waals surface area contributed by atoms with Crippen molar-refractivity contribution < 1.29 is 18.0 Å². The molecular formula is C24H19F3N8O3. The number of benzene rings is 2. The molecule has 0 saturated heterocycles. The monoisotopic (exact) mass is 524 g/mol. The number of rotatable bonds is 4. The van der Waals surface area contributed by atoms with E-state index >= 15 is 0 Å². The zero-order chi connectivity index (χ0) is 27.0. The molecule has 0 spiro atoms. The lowest BCUT2D eigenvalue weighted by Gasteiger charge is -2.20. The molecule has 0 fully saturated rings. The van der Waals surface area contributed by atoms with Crippen molar-refractivity contribution in [3.63, 3.8) is 0 Å². The van der Waals surface area contributed by atoms with Crippen LogP contribution < -0.4 is 32.5 Å². The fourth-order valence-electron chi connectivity index (χ4n) is 4.00. The Morgan fingerprint density at radius 2 is 1.82 bits per heavy atom.